The molecule has 2 aromatic rings. The van der Waals surface area contributed by atoms with Crippen molar-refractivity contribution in [3.05, 3.63) is 16.8 Å². The summed E-state index contributed by atoms with van der Waals surface area (Å²) in [5.41, 5.74) is 2.39. The van der Waals surface area contributed by atoms with Gasteiger partial charge >= 0.3 is 0 Å². The minimum Gasteiger partial charge on any atom is -0.336 e. The Kier molecular flexibility index (Phi) is 2.30. The lowest BCUT2D eigenvalue weighted by Gasteiger charge is -1.85. The molecule has 0 aliphatic carbocycles. The molecule has 0 spiro atoms. The third-order valence-electron chi connectivity index (χ3n) is 1.34. The fourth-order valence-corrected chi connectivity index (χ4v) is 1.34. The molecular weight excluding hydrogens is 192 g/mol. The van der Waals surface area contributed by atoms with Gasteiger partial charge in [-0.1, -0.05) is 5.16 Å². The van der Waals surface area contributed by atoms with Crippen molar-refractivity contribution in [3.8, 4) is 11.5 Å². The number of rotatable bonds is 3. The van der Waals surface area contributed by atoms with Crippen LogP contribution in [0.5, 0.6) is 0 Å². The van der Waals surface area contributed by atoms with Gasteiger partial charge in [0.05, 0.1) is 5.51 Å². The topological polar surface area (TPSA) is 87.1 Å². The van der Waals surface area contributed by atoms with Gasteiger partial charge in [-0.25, -0.2) is 10.9 Å². The highest BCUT2D eigenvalue weighted by Crippen LogP contribution is 2.14. The quantitative estimate of drug-likeness (QED) is 0.726. The summed E-state index contributed by atoms with van der Waals surface area (Å²) in [7, 11) is 0. The maximum atomic E-state index is 4.85. The van der Waals surface area contributed by atoms with E-state index in [1.807, 2.05) is 5.38 Å². The summed E-state index contributed by atoms with van der Waals surface area (Å²) in [6.45, 7) is 0.108. The third-order valence-corrected chi connectivity index (χ3v) is 1.92. The molecule has 0 saturated heterocycles. The number of nitrogens with two attached hydrogens (primary N) is 1. The maximum Gasteiger partial charge on any atom is 0.255 e. The molecule has 2 aromatic heterocycles. The molecule has 0 saturated carbocycles. The van der Waals surface area contributed by atoms with E-state index in [4.69, 9.17) is 10.4 Å². The second-order valence-electron chi connectivity index (χ2n) is 2.20. The molecule has 0 atom stereocenters. The van der Waals surface area contributed by atoms with Crippen LogP contribution in [0.2, 0.25) is 0 Å². The number of hydrogen-bond donors (Lipinski definition) is 1. The van der Waals surface area contributed by atoms with Gasteiger partial charge in [-0.15, -0.1) is 11.3 Å². The number of thiazole rings is 1. The molecule has 68 valence electrons. The highest BCUT2D eigenvalue weighted by atomic mass is 32.1. The van der Waals surface area contributed by atoms with Crippen molar-refractivity contribution in [2.75, 3.05) is 0 Å². The number of nitrogens with zero attached hydrogens (tertiary/aromatic N) is 3. The Morgan fingerprint density at radius 2 is 2.54 bits per heavy atom. The second-order valence-corrected chi connectivity index (χ2v) is 2.92. The van der Waals surface area contributed by atoms with E-state index in [1.54, 1.807) is 5.51 Å². The van der Waals surface area contributed by atoms with Crippen LogP contribution in [0.4, 0.5) is 0 Å². The van der Waals surface area contributed by atoms with Gasteiger partial charge < -0.3 is 4.52 Å². The van der Waals surface area contributed by atoms with E-state index in [0.29, 0.717) is 17.4 Å². The van der Waals surface area contributed by atoms with E-state index in [9.17, 15) is 0 Å². The summed E-state index contributed by atoms with van der Waals surface area (Å²) in [6, 6.07) is 0. The predicted molar refractivity (Wildman–Crippen MR) is 44.4 cm³/mol. The van der Waals surface area contributed by atoms with Crippen LogP contribution in [-0.4, -0.2) is 15.1 Å². The van der Waals surface area contributed by atoms with Crippen LogP contribution in [-0.2, 0) is 11.4 Å². The van der Waals surface area contributed by atoms with Gasteiger partial charge in [-0.3, -0.25) is 4.84 Å². The van der Waals surface area contributed by atoms with Gasteiger partial charge in [0.15, 0.2) is 0 Å². The molecule has 2 N–H and O–H groups in total. The first kappa shape index (κ1) is 8.30. The average Bonchev–Trinajstić information content (AvgIpc) is 2.70. The Balaban J connectivity index is 2.23. The highest BCUT2D eigenvalue weighted by molar-refractivity contribution is 7.07. The van der Waals surface area contributed by atoms with E-state index in [-0.39, 0.29) is 6.61 Å². The Morgan fingerprint density at radius 3 is 3.23 bits per heavy atom. The molecule has 0 fully saturated rings. The van der Waals surface area contributed by atoms with E-state index in [1.165, 1.54) is 11.3 Å². The highest BCUT2D eigenvalue weighted by Gasteiger charge is 2.09. The van der Waals surface area contributed by atoms with Gasteiger partial charge in [0, 0.05) is 5.38 Å². The van der Waals surface area contributed by atoms with Gasteiger partial charge in [0.2, 0.25) is 5.82 Å². The molecule has 13 heavy (non-hydrogen) atoms. The number of aromatic nitrogens is 3. The first-order chi connectivity index (χ1) is 6.40. The Labute approximate surface area is 77.3 Å². The molecule has 0 unspecified atom stereocenters. The van der Waals surface area contributed by atoms with Gasteiger partial charge in [0.25, 0.3) is 5.89 Å². The lowest BCUT2D eigenvalue weighted by atomic mass is 10.5. The van der Waals surface area contributed by atoms with Crippen molar-refractivity contribution < 1.29 is 9.36 Å². The molecular formula is C6H6N4O2S. The third kappa shape index (κ3) is 1.72. The zero-order chi connectivity index (χ0) is 9.10. The fourth-order valence-electron chi connectivity index (χ4n) is 0.812. The van der Waals surface area contributed by atoms with Crippen LogP contribution >= 0.6 is 11.3 Å². The minimum absolute atomic E-state index is 0.108. The summed E-state index contributed by atoms with van der Waals surface area (Å²) in [5, 5.41) is 5.53. The largest absolute Gasteiger partial charge is 0.336 e. The minimum atomic E-state index is 0.108. The standard InChI is InChI=1S/C6H6N4O2S/c7-11-1-5-9-6(10-12-5)4-2-13-3-8-4/h2-3H,1,7H2. The Bertz CT molecular complexity index is 372. The summed E-state index contributed by atoms with van der Waals surface area (Å²) in [4.78, 5) is 12.4. The average molecular weight is 198 g/mol. The molecule has 2 heterocycles. The second kappa shape index (κ2) is 3.60. The molecule has 0 aliphatic rings. The SMILES string of the molecule is NOCc1nc(-c2cscn2)no1. The lowest BCUT2D eigenvalue weighted by molar-refractivity contribution is 0.0996. The molecule has 0 aliphatic heterocycles. The Morgan fingerprint density at radius 1 is 1.62 bits per heavy atom. The van der Waals surface area contributed by atoms with E-state index >= 15 is 0 Å². The summed E-state index contributed by atoms with van der Waals surface area (Å²) < 4.78 is 4.83. The first-order valence-electron chi connectivity index (χ1n) is 3.43. The van der Waals surface area contributed by atoms with E-state index in [0.717, 1.165) is 0 Å². The smallest absolute Gasteiger partial charge is 0.255 e. The summed E-state index contributed by atoms with van der Waals surface area (Å²) in [5.74, 6) is 5.64. The van der Waals surface area contributed by atoms with Crippen molar-refractivity contribution in [2.24, 2.45) is 5.90 Å². The van der Waals surface area contributed by atoms with Crippen LogP contribution in [0.25, 0.3) is 11.5 Å². The van der Waals surface area contributed by atoms with Crippen LogP contribution in [0.15, 0.2) is 15.4 Å². The lowest BCUT2D eigenvalue weighted by Crippen LogP contribution is -1.98. The fraction of sp³-hybridized carbons (Fsp3) is 0.167. The van der Waals surface area contributed by atoms with Gasteiger partial charge in [-0.2, -0.15) is 4.98 Å². The molecule has 0 amide bonds. The van der Waals surface area contributed by atoms with Gasteiger partial charge in [0.1, 0.15) is 12.3 Å². The zero-order valence-corrected chi connectivity index (χ0v) is 7.32. The van der Waals surface area contributed by atoms with Crippen molar-refractivity contribution >= 4 is 11.3 Å². The molecule has 6 nitrogen and oxygen atoms in total. The van der Waals surface area contributed by atoms with Crippen molar-refractivity contribution in [1.82, 2.24) is 15.1 Å². The van der Waals surface area contributed by atoms with Crippen molar-refractivity contribution in [3.63, 3.8) is 0 Å². The monoisotopic (exact) mass is 198 g/mol. The zero-order valence-electron chi connectivity index (χ0n) is 6.51. The molecule has 0 radical (unpaired) electrons. The van der Waals surface area contributed by atoms with Crippen LogP contribution in [0.1, 0.15) is 5.89 Å². The molecule has 2 rings (SSSR count). The predicted octanol–water partition coefficient (Wildman–Crippen LogP) is 0.583. The van der Waals surface area contributed by atoms with Crippen molar-refractivity contribution in [2.45, 2.75) is 6.61 Å². The van der Waals surface area contributed by atoms with E-state index < -0.39 is 0 Å². The van der Waals surface area contributed by atoms with E-state index in [2.05, 4.69) is 20.0 Å². The maximum absolute atomic E-state index is 4.85. The normalized spacial score (nSPS) is 10.5. The van der Waals surface area contributed by atoms with Crippen LogP contribution < -0.4 is 5.90 Å². The molecule has 0 aromatic carbocycles. The first-order valence-corrected chi connectivity index (χ1v) is 4.37. The van der Waals surface area contributed by atoms with Crippen molar-refractivity contribution in [1.29, 1.82) is 0 Å². The number of hydrogen-bond acceptors (Lipinski definition) is 7. The molecule has 0 bridgehead atoms. The summed E-state index contributed by atoms with van der Waals surface area (Å²) >= 11 is 1.47. The van der Waals surface area contributed by atoms with Gasteiger partial charge in [-0.05, 0) is 0 Å². The Hall–Kier alpha value is -1.31. The summed E-state index contributed by atoms with van der Waals surface area (Å²) in [6.07, 6.45) is 0. The molecule has 7 heteroatoms. The van der Waals surface area contributed by atoms with Crippen LogP contribution in [0.3, 0.4) is 0 Å². The van der Waals surface area contributed by atoms with Crippen LogP contribution in [0, 0.1) is 0 Å².